The molecule has 1 amide bonds. The van der Waals surface area contributed by atoms with Gasteiger partial charge in [-0.3, -0.25) is 9.36 Å². The first-order valence-electron chi connectivity index (χ1n) is 10.9. The third-order valence-electron chi connectivity index (χ3n) is 5.23. The fourth-order valence-corrected chi connectivity index (χ4v) is 4.87. The molecule has 4 rings (SSSR count). The Balaban J connectivity index is 1.47. The summed E-state index contributed by atoms with van der Waals surface area (Å²) in [5.74, 6) is 1.83. The summed E-state index contributed by atoms with van der Waals surface area (Å²) in [5.41, 5.74) is 2.32. The van der Waals surface area contributed by atoms with Crippen LogP contribution >= 0.6 is 23.1 Å². The van der Waals surface area contributed by atoms with Crippen molar-refractivity contribution in [2.75, 3.05) is 12.3 Å². The normalized spacial score (nSPS) is 11.6. The maximum atomic E-state index is 12.4. The third-order valence-corrected chi connectivity index (χ3v) is 7.13. The number of amides is 1. The zero-order chi connectivity index (χ0) is 23.3. The Kier molecular flexibility index (Phi) is 7.35. The number of benzene rings is 1. The Morgan fingerprint density at radius 1 is 1.12 bits per heavy atom. The summed E-state index contributed by atoms with van der Waals surface area (Å²) < 4.78 is 7.58. The molecule has 33 heavy (non-hydrogen) atoms. The smallest absolute Gasteiger partial charge is 0.230 e. The molecular weight excluding hydrogens is 452 g/mol. The molecule has 3 heterocycles. The van der Waals surface area contributed by atoms with Crippen LogP contribution in [-0.4, -0.2) is 33.0 Å². The van der Waals surface area contributed by atoms with Gasteiger partial charge in [0.2, 0.25) is 5.91 Å². The maximum absolute atomic E-state index is 12.4. The molecule has 0 bridgehead atoms. The van der Waals surface area contributed by atoms with Gasteiger partial charge in [-0.2, -0.15) is 0 Å². The zero-order valence-corrected chi connectivity index (χ0v) is 20.7. The van der Waals surface area contributed by atoms with Crippen LogP contribution in [0.2, 0.25) is 0 Å². The van der Waals surface area contributed by atoms with Gasteiger partial charge in [-0.15, -0.1) is 21.5 Å². The molecule has 172 valence electrons. The Morgan fingerprint density at radius 3 is 2.61 bits per heavy atom. The lowest BCUT2D eigenvalue weighted by Gasteiger charge is -2.19. The van der Waals surface area contributed by atoms with E-state index in [1.165, 1.54) is 22.2 Å². The number of rotatable bonds is 9. The third kappa shape index (κ3) is 6.15. The van der Waals surface area contributed by atoms with Gasteiger partial charge in [0.05, 0.1) is 18.6 Å². The molecule has 6 nitrogen and oxygen atoms in total. The summed E-state index contributed by atoms with van der Waals surface area (Å²) in [6.45, 7) is 7.72. The highest BCUT2D eigenvalue weighted by Crippen LogP contribution is 2.28. The van der Waals surface area contributed by atoms with E-state index in [-0.39, 0.29) is 17.1 Å². The molecule has 8 heteroatoms. The SMILES string of the molecule is CC(C)(C)c1ccc(-c2nnc(SCC(=O)NCCc3cccs3)n2Cc2ccco2)cc1. The molecule has 3 aromatic heterocycles. The monoisotopic (exact) mass is 480 g/mol. The van der Waals surface area contributed by atoms with Gasteiger partial charge >= 0.3 is 0 Å². The molecule has 0 spiro atoms. The van der Waals surface area contributed by atoms with Crippen molar-refractivity contribution in [1.29, 1.82) is 0 Å². The van der Waals surface area contributed by atoms with Crippen LogP contribution in [0.1, 0.15) is 37.0 Å². The zero-order valence-electron chi connectivity index (χ0n) is 19.1. The van der Waals surface area contributed by atoms with Crippen molar-refractivity contribution in [3.63, 3.8) is 0 Å². The number of thiophene rings is 1. The van der Waals surface area contributed by atoms with E-state index in [1.807, 2.05) is 28.1 Å². The first-order chi connectivity index (χ1) is 15.9. The molecule has 1 N–H and O–H groups in total. The van der Waals surface area contributed by atoms with Crippen LogP contribution in [-0.2, 0) is 23.2 Å². The van der Waals surface area contributed by atoms with Crippen LogP contribution in [0, 0.1) is 0 Å². The fourth-order valence-electron chi connectivity index (χ4n) is 3.39. The van der Waals surface area contributed by atoms with Crippen LogP contribution < -0.4 is 5.32 Å². The predicted octanol–water partition coefficient (Wildman–Crippen LogP) is 5.40. The summed E-state index contributed by atoms with van der Waals surface area (Å²) in [7, 11) is 0. The highest BCUT2D eigenvalue weighted by molar-refractivity contribution is 7.99. The largest absolute Gasteiger partial charge is 0.467 e. The topological polar surface area (TPSA) is 73.0 Å². The maximum Gasteiger partial charge on any atom is 0.230 e. The van der Waals surface area contributed by atoms with Gasteiger partial charge in [-0.05, 0) is 41.0 Å². The number of carbonyl (C=O) groups excluding carboxylic acids is 1. The first kappa shape index (κ1) is 23.3. The van der Waals surface area contributed by atoms with E-state index < -0.39 is 0 Å². The molecule has 0 saturated carbocycles. The second kappa shape index (κ2) is 10.4. The van der Waals surface area contributed by atoms with Crippen molar-refractivity contribution in [3.05, 3.63) is 76.4 Å². The van der Waals surface area contributed by atoms with Gasteiger partial charge in [-0.1, -0.05) is 62.9 Å². The minimum atomic E-state index is -0.0137. The standard InChI is InChI=1S/C25H28N4O2S2/c1-25(2,3)19-10-8-18(9-11-19)23-27-28-24(29(23)16-20-6-4-14-31-20)33-17-22(30)26-13-12-21-7-5-15-32-21/h4-11,14-15H,12-13,16-17H2,1-3H3,(H,26,30). The fraction of sp³-hybridized carbons (Fsp3) is 0.320. The van der Waals surface area contributed by atoms with Crippen LogP contribution in [0.5, 0.6) is 0 Å². The number of hydrogen-bond donors (Lipinski definition) is 1. The molecule has 0 fully saturated rings. The number of nitrogens with zero attached hydrogens (tertiary/aromatic N) is 3. The van der Waals surface area contributed by atoms with Crippen molar-refractivity contribution in [2.45, 2.75) is 44.3 Å². The van der Waals surface area contributed by atoms with Crippen LogP contribution in [0.3, 0.4) is 0 Å². The average Bonchev–Trinajstić information content (AvgIpc) is 3.55. The molecule has 0 saturated heterocycles. The second-order valence-corrected chi connectivity index (χ2v) is 10.7. The van der Waals surface area contributed by atoms with E-state index in [0.29, 0.717) is 18.2 Å². The molecule has 4 aromatic rings. The number of aromatic nitrogens is 3. The van der Waals surface area contributed by atoms with E-state index in [9.17, 15) is 4.79 Å². The van der Waals surface area contributed by atoms with Crippen molar-refractivity contribution in [2.24, 2.45) is 0 Å². The van der Waals surface area contributed by atoms with E-state index in [0.717, 1.165) is 23.6 Å². The number of furan rings is 1. The van der Waals surface area contributed by atoms with Crippen molar-refractivity contribution < 1.29 is 9.21 Å². The second-order valence-electron chi connectivity index (χ2n) is 8.77. The number of thioether (sulfide) groups is 1. The average molecular weight is 481 g/mol. The Morgan fingerprint density at radius 2 is 1.94 bits per heavy atom. The lowest BCUT2D eigenvalue weighted by atomic mass is 9.87. The molecule has 0 unspecified atom stereocenters. The molecule has 0 aliphatic carbocycles. The number of nitrogens with one attached hydrogen (secondary N) is 1. The minimum absolute atomic E-state index is 0.0137. The van der Waals surface area contributed by atoms with E-state index in [2.05, 4.69) is 66.6 Å². The van der Waals surface area contributed by atoms with E-state index in [4.69, 9.17) is 4.42 Å². The molecule has 1 aromatic carbocycles. The van der Waals surface area contributed by atoms with Gasteiger partial charge in [0.15, 0.2) is 11.0 Å². The molecular formula is C25H28N4O2S2. The van der Waals surface area contributed by atoms with E-state index in [1.54, 1.807) is 17.6 Å². The van der Waals surface area contributed by atoms with Crippen molar-refractivity contribution in [1.82, 2.24) is 20.1 Å². The molecule has 0 radical (unpaired) electrons. The molecule has 0 aliphatic rings. The lowest BCUT2D eigenvalue weighted by molar-refractivity contribution is -0.118. The summed E-state index contributed by atoms with van der Waals surface area (Å²) >= 11 is 3.09. The summed E-state index contributed by atoms with van der Waals surface area (Å²) in [6, 6.07) is 16.3. The van der Waals surface area contributed by atoms with Crippen molar-refractivity contribution in [3.8, 4) is 11.4 Å². The number of hydrogen-bond acceptors (Lipinski definition) is 6. The molecule has 0 aliphatic heterocycles. The van der Waals surface area contributed by atoms with Crippen LogP contribution in [0.4, 0.5) is 0 Å². The minimum Gasteiger partial charge on any atom is -0.467 e. The van der Waals surface area contributed by atoms with Crippen molar-refractivity contribution >= 4 is 29.0 Å². The quantitative estimate of drug-likeness (QED) is 0.325. The number of carbonyl (C=O) groups is 1. The Bertz CT molecular complexity index is 1160. The van der Waals surface area contributed by atoms with E-state index >= 15 is 0 Å². The summed E-state index contributed by atoms with van der Waals surface area (Å²) in [6.07, 6.45) is 2.50. The highest BCUT2D eigenvalue weighted by atomic mass is 32.2. The van der Waals surface area contributed by atoms with Gasteiger partial charge in [0, 0.05) is 17.0 Å². The predicted molar refractivity (Wildman–Crippen MR) is 134 cm³/mol. The van der Waals surface area contributed by atoms with Gasteiger partial charge in [0.25, 0.3) is 0 Å². The Hall–Kier alpha value is -2.84. The van der Waals surface area contributed by atoms with Gasteiger partial charge in [-0.25, -0.2) is 0 Å². The van der Waals surface area contributed by atoms with Crippen LogP contribution in [0.25, 0.3) is 11.4 Å². The summed E-state index contributed by atoms with van der Waals surface area (Å²) in [4.78, 5) is 13.6. The molecule has 0 atom stereocenters. The Labute approximate surface area is 202 Å². The lowest BCUT2D eigenvalue weighted by Crippen LogP contribution is -2.27. The summed E-state index contributed by atoms with van der Waals surface area (Å²) in [5, 5.41) is 14.6. The van der Waals surface area contributed by atoms with Gasteiger partial charge in [0.1, 0.15) is 5.76 Å². The van der Waals surface area contributed by atoms with Crippen LogP contribution in [0.15, 0.2) is 69.7 Å². The highest BCUT2D eigenvalue weighted by Gasteiger charge is 2.18. The first-order valence-corrected chi connectivity index (χ1v) is 12.7. The van der Waals surface area contributed by atoms with Gasteiger partial charge < -0.3 is 9.73 Å².